The fraction of sp³-hybridized carbons (Fsp3) is 0.222. The van der Waals surface area contributed by atoms with Crippen molar-refractivity contribution in [1.29, 1.82) is 0 Å². The number of nitrogens with one attached hydrogen (secondary N) is 1. The summed E-state index contributed by atoms with van der Waals surface area (Å²) in [6.45, 7) is 2.70. The lowest BCUT2D eigenvalue weighted by Gasteiger charge is -2.38. The van der Waals surface area contributed by atoms with Gasteiger partial charge in [-0.25, -0.2) is 4.99 Å². The molecule has 3 aromatic carbocycles. The van der Waals surface area contributed by atoms with Crippen molar-refractivity contribution in [3.05, 3.63) is 88.9 Å². The number of hydrogen-bond donors (Lipinski definition) is 2. The van der Waals surface area contributed by atoms with Gasteiger partial charge < -0.3 is 25.1 Å². The molecule has 9 heteroatoms. The molecule has 0 aromatic heterocycles. The summed E-state index contributed by atoms with van der Waals surface area (Å²) < 4.78 is 0. The molecule has 7 nitrogen and oxygen atoms in total. The number of piperazine rings is 1. The maximum absolute atomic E-state index is 13.5. The van der Waals surface area contributed by atoms with E-state index in [1.165, 1.54) is 0 Å². The van der Waals surface area contributed by atoms with Crippen LogP contribution in [0, 0.1) is 0 Å². The van der Waals surface area contributed by atoms with Crippen LogP contribution in [0.3, 0.4) is 0 Å². The molecule has 2 aliphatic heterocycles. The van der Waals surface area contributed by atoms with Crippen molar-refractivity contribution in [2.45, 2.75) is 6.17 Å². The minimum atomic E-state index is -0.889. The minimum absolute atomic E-state index is 0.209. The smallest absolute Gasteiger partial charge is 0.272 e. The zero-order chi connectivity index (χ0) is 25.2. The number of fused-ring (bicyclic) bond motifs is 1. The predicted molar refractivity (Wildman–Crippen MR) is 148 cm³/mol. The number of benzene rings is 3. The molecule has 2 aliphatic rings. The third kappa shape index (κ3) is 4.74. The molecule has 0 saturated carbocycles. The van der Waals surface area contributed by atoms with Gasteiger partial charge in [0.15, 0.2) is 5.11 Å². The lowest BCUT2D eigenvalue weighted by Crippen LogP contribution is -2.55. The molecule has 0 bridgehead atoms. The summed E-state index contributed by atoms with van der Waals surface area (Å²) in [5, 5.41) is 14.4. The second kappa shape index (κ2) is 10.2. The average molecular weight is 520 g/mol. The van der Waals surface area contributed by atoms with Gasteiger partial charge in [-0.1, -0.05) is 54.1 Å². The first kappa shape index (κ1) is 24.1. The molecular weight excluding hydrogens is 494 g/mol. The Morgan fingerprint density at radius 2 is 1.69 bits per heavy atom. The van der Waals surface area contributed by atoms with Crippen LogP contribution in [-0.4, -0.2) is 66.1 Å². The summed E-state index contributed by atoms with van der Waals surface area (Å²) in [6.07, 6.45) is -0.889. The number of anilines is 2. The number of para-hydroxylation sites is 2. The highest BCUT2D eigenvalue weighted by atomic mass is 35.5. The van der Waals surface area contributed by atoms with E-state index < -0.39 is 6.17 Å². The zero-order valence-electron chi connectivity index (χ0n) is 19.8. The first-order chi connectivity index (χ1) is 17.4. The van der Waals surface area contributed by atoms with E-state index in [1.54, 1.807) is 24.1 Å². The summed E-state index contributed by atoms with van der Waals surface area (Å²) in [5.41, 5.74) is 3.90. The number of rotatable bonds is 3. The number of hydrogen-bond acceptors (Lipinski definition) is 5. The molecule has 1 atom stereocenters. The number of amides is 1. The van der Waals surface area contributed by atoms with Gasteiger partial charge in [0.05, 0.1) is 17.1 Å². The Labute approximate surface area is 220 Å². The van der Waals surface area contributed by atoms with Gasteiger partial charge in [-0.2, -0.15) is 0 Å². The van der Waals surface area contributed by atoms with Gasteiger partial charge in [0.2, 0.25) is 6.17 Å². The number of nitrogens with zero attached hydrogens (tertiary/aromatic N) is 4. The van der Waals surface area contributed by atoms with E-state index in [4.69, 9.17) is 28.8 Å². The van der Waals surface area contributed by atoms with Crippen LogP contribution in [0.5, 0.6) is 5.75 Å². The van der Waals surface area contributed by atoms with Crippen LogP contribution in [0.2, 0.25) is 5.02 Å². The molecule has 3 aromatic rings. The summed E-state index contributed by atoms with van der Waals surface area (Å²) in [5.74, 6) is 0.0564. The zero-order valence-corrected chi connectivity index (χ0v) is 21.3. The van der Waals surface area contributed by atoms with Crippen LogP contribution in [0.15, 0.2) is 77.8 Å². The molecule has 184 valence electrons. The summed E-state index contributed by atoms with van der Waals surface area (Å²) in [4.78, 5) is 24.1. The topological polar surface area (TPSA) is 71.4 Å². The number of thiocarbonyl (C=S) groups is 1. The largest absolute Gasteiger partial charge is 0.506 e. The Bertz CT molecular complexity index is 1320. The second-order valence-electron chi connectivity index (χ2n) is 8.72. The van der Waals surface area contributed by atoms with Crippen molar-refractivity contribution >= 4 is 51.9 Å². The Morgan fingerprint density at radius 3 is 2.42 bits per heavy atom. The molecule has 0 aliphatic carbocycles. The average Bonchev–Trinajstić information content (AvgIpc) is 3.00. The van der Waals surface area contributed by atoms with Crippen LogP contribution < -0.4 is 15.1 Å². The normalized spacial score (nSPS) is 17.8. The number of benzodiazepines with no additional fused rings is 1. The van der Waals surface area contributed by atoms with Crippen molar-refractivity contribution in [3.63, 3.8) is 0 Å². The van der Waals surface area contributed by atoms with Crippen molar-refractivity contribution < 1.29 is 9.90 Å². The molecule has 2 heterocycles. The summed E-state index contributed by atoms with van der Waals surface area (Å²) in [7, 11) is 1.74. The van der Waals surface area contributed by atoms with Gasteiger partial charge in [0, 0.05) is 49.4 Å². The highest BCUT2D eigenvalue weighted by Gasteiger charge is 2.32. The molecular formula is C27H26ClN5O2S. The first-order valence-electron chi connectivity index (χ1n) is 11.7. The fourth-order valence-electron chi connectivity index (χ4n) is 4.56. The molecule has 1 amide bonds. The van der Waals surface area contributed by atoms with Crippen molar-refractivity contribution in [1.82, 2.24) is 10.2 Å². The third-order valence-corrected chi connectivity index (χ3v) is 7.11. The number of likely N-dealkylation sites (N-methyl/N-ethyl adjacent to an activating group) is 1. The maximum atomic E-state index is 13.5. The van der Waals surface area contributed by atoms with E-state index in [9.17, 15) is 9.90 Å². The lowest BCUT2D eigenvalue weighted by atomic mass is 10.0. The van der Waals surface area contributed by atoms with Crippen LogP contribution in [0.1, 0.15) is 11.1 Å². The number of carbonyl (C=O) groups excluding carboxylic acids is 1. The number of phenols is 1. The number of aromatic hydroxyl groups is 1. The molecule has 36 heavy (non-hydrogen) atoms. The highest BCUT2D eigenvalue weighted by molar-refractivity contribution is 7.80. The fourth-order valence-corrected chi connectivity index (χ4v) is 5.02. The second-order valence-corrected chi connectivity index (χ2v) is 9.54. The quantitative estimate of drug-likeness (QED) is 0.512. The third-order valence-electron chi connectivity index (χ3n) is 6.49. The van der Waals surface area contributed by atoms with Crippen molar-refractivity contribution in [3.8, 4) is 5.75 Å². The molecule has 5 rings (SSSR count). The lowest BCUT2D eigenvalue weighted by molar-refractivity contribution is -0.119. The van der Waals surface area contributed by atoms with Crippen LogP contribution in [-0.2, 0) is 4.79 Å². The predicted octanol–water partition coefficient (Wildman–Crippen LogP) is 3.88. The van der Waals surface area contributed by atoms with Gasteiger partial charge in [-0.05, 0) is 42.5 Å². The van der Waals surface area contributed by atoms with Gasteiger partial charge in [0.1, 0.15) is 5.75 Å². The number of carbonyl (C=O) groups is 1. The number of halogens is 1. The Kier molecular flexibility index (Phi) is 6.80. The van der Waals surface area contributed by atoms with Crippen LogP contribution >= 0.6 is 23.8 Å². The molecule has 0 spiro atoms. The Hall–Kier alpha value is -3.62. The molecule has 1 unspecified atom stereocenters. The minimum Gasteiger partial charge on any atom is -0.506 e. The van der Waals surface area contributed by atoms with Gasteiger partial charge in [-0.3, -0.25) is 4.79 Å². The van der Waals surface area contributed by atoms with Gasteiger partial charge in [0.25, 0.3) is 5.91 Å². The van der Waals surface area contributed by atoms with E-state index in [1.807, 2.05) is 65.6 Å². The molecule has 1 fully saturated rings. The number of aliphatic imine (C=N–C) groups is 1. The van der Waals surface area contributed by atoms with E-state index >= 15 is 0 Å². The summed E-state index contributed by atoms with van der Waals surface area (Å²) >= 11 is 12.1. The maximum Gasteiger partial charge on any atom is 0.272 e. The van der Waals surface area contributed by atoms with Crippen LogP contribution in [0.4, 0.5) is 11.4 Å². The standard InChI is InChI=1S/C27H26ClN5O2S/c1-31-21-12-11-19(28)17-20(21)24(18-7-3-2-4-8-18)29-25(26(31)35)30-27(36)33-15-13-32(14-16-33)22-9-5-6-10-23(22)34/h2-12,17,25,34H,13-16H2,1H3,(H,30,36). The summed E-state index contributed by atoms with van der Waals surface area (Å²) in [6, 6.07) is 22.5. The van der Waals surface area contributed by atoms with Gasteiger partial charge >= 0.3 is 0 Å². The van der Waals surface area contributed by atoms with Gasteiger partial charge in [-0.15, -0.1) is 0 Å². The van der Waals surface area contributed by atoms with Crippen LogP contribution in [0.25, 0.3) is 0 Å². The van der Waals surface area contributed by atoms with E-state index in [0.717, 1.165) is 22.5 Å². The first-order valence-corrected chi connectivity index (χ1v) is 12.5. The van der Waals surface area contributed by atoms with Crippen molar-refractivity contribution in [2.24, 2.45) is 4.99 Å². The van der Waals surface area contributed by atoms with E-state index in [-0.39, 0.29) is 11.7 Å². The molecule has 2 N–H and O–H groups in total. The molecule has 0 radical (unpaired) electrons. The monoisotopic (exact) mass is 519 g/mol. The Morgan fingerprint density at radius 1 is 1.00 bits per heavy atom. The van der Waals surface area contributed by atoms with E-state index in [2.05, 4.69) is 10.2 Å². The number of phenolic OH excluding ortho intramolecular Hbond substituents is 1. The SMILES string of the molecule is CN1C(=O)C(NC(=S)N2CCN(c3ccccc3O)CC2)N=C(c2ccccc2)c2cc(Cl)ccc21. The highest BCUT2D eigenvalue weighted by Crippen LogP contribution is 2.30. The van der Waals surface area contributed by atoms with E-state index in [0.29, 0.717) is 42.0 Å². The molecule has 1 saturated heterocycles. The Balaban J connectivity index is 1.38. The van der Waals surface area contributed by atoms with Crippen molar-refractivity contribution in [2.75, 3.05) is 43.0 Å².